The SMILES string of the molecule is Cc1nn(-c2ccccc2)c(C)c1CNC(=S)Nc1cc([N+](=O)[O-])ccc1Cl. The molecule has 7 nitrogen and oxygen atoms in total. The molecule has 0 aliphatic carbocycles. The average Bonchev–Trinajstić information content (AvgIpc) is 2.96. The summed E-state index contributed by atoms with van der Waals surface area (Å²) in [4.78, 5) is 10.4. The van der Waals surface area contributed by atoms with Gasteiger partial charge in [-0.15, -0.1) is 0 Å². The zero-order valence-electron chi connectivity index (χ0n) is 15.3. The molecule has 9 heteroatoms. The first-order valence-corrected chi connectivity index (χ1v) is 9.24. The fraction of sp³-hybridized carbons (Fsp3) is 0.158. The molecule has 0 fully saturated rings. The number of thiocarbonyl (C=S) groups is 1. The summed E-state index contributed by atoms with van der Waals surface area (Å²) in [6.07, 6.45) is 0. The summed E-state index contributed by atoms with van der Waals surface area (Å²) in [7, 11) is 0. The van der Waals surface area contributed by atoms with Crippen molar-refractivity contribution in [1.29, 1.82) is 0 Å². The number of halogens is 1. The minimum atomic E-state index is -0.483. The van der Waals surface area contributed by atoms with Crippen molar-refractivity contribution in [3.8, 4) is 5.69 Å². The molecule has 0 saturated carbocycles. The number of anilines is 1. The summed E-state index contributed by atoms with van der Waals surface area (Å²) in [6.45, 7) is 4.40. The van der Waals surface area contributed by atoms with Gasteiger partial charge in [-0.05, 0) is 44.3 Å². The fourth-order valence-corrected chi connectivity index (χ4v) is 3.16. The third-order valence-electron chi connectivity index (χ3n) is 4.28. The molecule has 2 N–H and O–H groups in total. The van der Waals surface area contributed by atoms with Gasteiger partial charge in [0.1, 0.15) is 0 Å². The number of nitrogens with one attached hydrogen (secondary N) is 2. The Bertz CT molecular complexity index is 1040. The minimum absolute atomic E-state index is 0.0643. The van der Waals surface area contributed by atoms with E-state index in [0.717, 1.165) is 22.6 Å². The van der Waals surface area contributed by atoms with Crippen LogP contribution >= 0.6 is 23.8 Å². The number of aryl methyl sites for hydroxylation is 1. The van der Waals surface area contributed by atoms with Gasteiger partial charge in [0, 0.05) is 29.9 Å². The van der Waals surface area contributed by atoms with E-state index in [4.69, 9.17) is 23.8 Å². The van der Waals surface area contributed by atoms with Crippen molar-refractivity contribution in [2.45, 2.75) is 20.4 Å². The first-order chi connectivity index (χ1) is 13.4. The van der Waals surface area contributed by atoms with Crippen LogP contribution in [-0.2, 0) is 6.54 Å². The molecule has 3 aromatic rings. The minimum Gasteiger partial charge on any atom is -0.358 e. The Kier molecular flexibility index (Phi) is 5.91. The van der Waals surface area contributed by atoms with E-state index in [1.165, 1.54) is 18.2 Å². The summed E-state index contributed by atoms with van der Waals surface area (Å²) < 4.78 is 1.89. The first kappa shape index (κ1) is 19.8. The van der Waals surface area contributed by atoms with Crippen LogP contribution in [0.5, 0.6) is 0 Å². The summed E-state index contributed by atoms with van der Waals surface area (Å²) in [5, 5.41) is 22.2. The molecule has 2 aromatic carbocycles. The Balaban J connectivity index is 1.71. The van der Waals surface area contributed by atoms with Gasteiger partial charge in [-0.3, -0.25) is 10.1 Å². The van der Waals surface area contributed by atoms with Crippen molar-refractivity contribution in [1.82, 2.24) is 15.1 Å². The quantitative estimate of drug-likeness (QED) is 0.361. The largest absolute Gasteiger partial charge is 0.358 e. The van der Waals surface area contributed by atoms with Crippen molar-refractivity contribution < 1.29 is 4.92 Å². The number of rotatable bonds is 5. The summed E-state index contributed by atoms with van der Waals surface area (Å²) in [5.41, 5.74) is 4.22. The van der Waals surface area contributed by atoms with E-state index in [2.05, 4.69) is 15.7 Å². The highest BCUT2D eigenvalue weighted by Crippen LogP contribution is 2.26. The van der Waals surface area contributed by atoms with Gasteiger partial charge in [0.2, 0.25) is 0 Å². The Morgan fingerprint density at radius 2 is 1.96 bits per heavy atom. The molecule has 1 heterocycles. The molecule has 144 valence electrons. The number of hydrogen-bond donors (Lipinski definition) is 2. The van der Waals surface area contributed by atoms with Gasteiger partial charge in [0.15, 0.2) is 5.11 Å². The molecular formula is C19H18ClN5O2S. The number of para-hydroxylation sites is 1. The van der Waals surface area contributed by atoms with Crippen LogP contribution in [0.15, 0.2) is 48.5 Å². The van der Waals surface area contributed by atoms with E-state index in [0.29, 0.717) is 22.4 Å². The molecule has 0 saturated heterocycles. The summed E-state index contributed by atoms with van der Waals surface area (Å²) in [6, 6.07) is 14.0. The lowest BCUT2D eigenvalue weighted by Gasteiger charge is -2.12. The molecule has 0 atom stereocenters. The summed E-state index contributed by atoms with van der Waals surface area (Å²) >= 11 is 11.4. The summed E-state index contributed by atoms with van der Waals surface area (Å²) in [5.74, 6) is 0. The maximum absolute atomic E-state index is 10.9. The normalized spacial score (nSPS) is 10.5. The third kappa shape index (κ3) is 4.29. The Morgan fingerprint density at radius 3 is 2.64 bits per heavy atom. The fourth-order valence-electron chi connectivity index (χ4n) is 2.81. The number of nitro benzene ring substituents is 1. The number of non-ortho nitro benzene ring substituents is 1. The molecule has 0 unspecified atom stereocenters. The van der Waals surface area contributed by atoms with Crippen molar-refractivity contribution in [2.75, 3.05) is 5.32 Å². The predicted octanol–water partition coefficient (Wildman–Crippen LogP) is 4.54. The highest BCUT2D eigenvalue weighted by atomic mass is 35.5. The molecule has 0 bridgehead atoms. The van der Waals surface area contributed by atoms with Crippen LogP contribution in [0.1, 0.15) is 17.0 Å². The molecule has 0 spiro atoms. The molecule has 3 rings (SSSR count). The maximum atomic E-state index is 10.9. The van der Waals surface area contributed by atoms with Crippen LogP contribution in [-0.4, -0.2) is 19.8 Å². The Morgan fingerprint density at radius 1 is 1.25 bits per heavy atom. The van der Waals surface area contributed by atoms with Crippen LogP contribution < -0.4 is 10.6 Å². The van der Waals surface area contributed by atoms with Crippen molar-refractivity contribution in [2.24, 2.45) is 0 Å². The third-order valence-corrected chi connectivity index (χ3v) is 4.85. The van der Waals surface area contributed by atoms with Crippen LogP contribution in [0.25, 0.3) is 5.69 Å². The van der Waals surface area contributed by atoms with E-state index in [1.54, 1.807) is 0 Å². The number of nitro groups is 1. The second kappa shape index (κ2) is 8.37. The topological polar surface area (TPSA) is 85.0 Å². The first-order valence-electron chi connectivity index (χ1n) is 8.46. The van der Waals surface area contributed by atoms with Gasteiger partial charge >= 0.3 is 0 Å². The van der Waals surface area contributed by atoms with Crippen molar-refractivity contribution in [3.05, 3.63) is 80.6 Å². The standard InChI is InChI=1S/C19H18ClN5O2S/c1-12-16(13(2)24(23-12)14-6-4-3-5-7-14)11-21-19(28)22-18-10-15(25(26)27)8-9-17(18)20/h3-10H,11H2,1-2H3,(H2,21,22,28). The maximum Gasteiger partial charge on any atom is 0.271 e. The van der Waals surface area contributed by atoms with E-state index in [-0.39, 0.29) is 5.69 Å². The van der Waals surface area contributed by atoms with Gasteiger partial charge in [-0.1, -0.05) is 29.8 Å². The van der Waals surface area contributed by atoms with Gasteiger partial charge < -0.3 is 10.6 Å². The van der Waals surface area contributed by atoms with E-state index in [9.17, 15) is 10.1 Å². The van der Waals surface area contributed by atoms with Gasteiger partial charge in [-0.2, -0.15) is 5.10 Å². The Labute approximate surface area is 172 Å². The molecule has 0 aliphatic heterocycles. The molecule has 0 amide bonds. The Hall–Kier alpha value is -2.97. The zero-order chi connectivity index (χ0) is 20.3. The highest BCUT2D eigenvalue weighted by molar-refractivity contribution is 7.80. The average molecular weight is 416 g/mol. The lowest BCUT2D eigenvalue weighted by Crippen LogP contribution is -2.28. The number of hydrogen-bond acceptors (Lipinski definition) is 4. The van der Waals surface area contributed by atoms with Crippen molar-refractivity contribution in [3.63, 3.8) is 0 Å². The van der Waals surface area contributed by atoms with Gasteiger partial charge in [0.25, 0.3) is 5.69 Å². The molecular weight excluding hydrogens is 398 g/mol. The molecule has 1 aromatic heterocycles. The smallest absolute Gasteiger partial charge is 0.271 e. The number of benzene rings is 2. The monoisotopic (exact) mass is 415 g/mol. The van der Waals surface area contributed by atoms with Crippen LogP contribution in [0.3, 0.4) is 0 Å². The number of aromatic nitrogens is 2. The van der Waals surface area contributed by atoms with Crippen LogP contribution in [0.4, 0.5) is 11.4 Å². The lowest BCUT2D eigenvalue weighted by molar-refractivity contribution is -0.384. The lowest BCUT2D eigenvalue weighted by atomic mass is 10.2. The predicted molar refractivity (Wildman–Crippen MR) is 114 cm³/mol. The molecule has 0 radical (unpaired) electrons. The van der Waals surface area contributed by atoms with E-state index in [1.807, 2.05) is 48.9 Å². The van der Waals surface area contributed by atoms with Gasteiger partial charge in [-0.25, -0.2) is 4.68 Å². The second-order valence-electron chi connectivity index (χ2n) is 6.13. The van der Waals surface area contributed by atoms with Crippen LogP contribution in [0.2, 0.25) is 5.02 Å². The van der Waals surface area contributed by atoms with E-state index < -0.39 is 4.92 Å². The molecule has 28 heavy (non-hydrogen) atoms. The van der Waals surface area contributed by atoms with E-state index >= 15 is 0 Å². The number of nitrogens with zero attached hydrogens (tertiary/aromatic N) is 3. The zero-order valence-corrected chi connectivity index (χ0v) is 16.8. The highest BCUT2D eigenvalue weighted by Gasteiger charge is 2.14. The van der Waals surface area contributed by atoms with Gasteiger partial charge in [0.05, 0.1) is 27.0 Å². The van der Waals surface area contributed by atoms with Crippen LogP contribution in [0, 0.1) is 24.0 Å². The second-order valence-corrected chi connectivity index (χ2v) is 6.94. The van der Waals surface area contributed by atoms with Crippen molar-refractivity contribution >= 4 is 40.3 Å². The molecule has 0 aliphatic rings.